The minimum atomic E-state index is 0.405. The Morgan fingerprint density at radius 1 is 0.808 bits per heavy atom. The summed E-state index contributed by atoms with van der Waals surface area (Å²) in [5, 5.41) is 0. The zero-order valence-corrected chi connectivity index (χ0v) is 15.4. The fraction of sp³-hybridized carbons (Fsp3) is 0.200. The van der Waals surface area contributed by atoms with Gasteiger partial charge in [0.2, 0.25) is 0 Å². The lowest BCUT2D eigenvalue weighted by atomic mass is 9.86. The van der Waals surface area contributed by atoms with Gasteiger partial charge in [0, 0.05) is 5.92 Å². The second kappa shape index (κ2) is 7.21. The molecule has 0 N–H and O–H groups in total. The lowest BCUT2D eigenvalue weighted by molar-refractivity contribution is 0.414. The molecule has 130 valence electrons. The van der Waals surface area contributed by atoms with E-state index in [1.165, 1.54) is 33.4 Å². The molecule has 0 aliphatic heterocycles. The highest BCUT2D eigenvalue weighted by molar-refractivity contribution is 6.05. The number of rotatable bonds is 5. The SMILES string of the molecule is CCCC1C(c2ccccc2)=C(c2ccccc2)c2ccc(OC)cc21. The molecule has 0 aromatic heterocycles. The Morgan fingerprint density at radius 2 is 1.46 bits per heavy atom. The standard InChI is InChI=1S/C25H24O/c1-3-10-21-23-17-20(26-2)15-16-22(23)25(19-13-8-5-9-14-19)24(21)18-11-6-4-7-12-18/h4-9,11-17,21H,3,10H2,1-2H3. The van der Waals surface area contributed by atoms with E-state index in [2.05, 4.69) is 85.8 Å². The van der Waals surface area contributed by atoms with Gasteiger partial charge in [-0.15, -0.1) is 0 Å². The number of allylic oxidation sites excluding steroid dienone is 1. The van der Waals surface area contributed by atoms with Crippen LogP contribution in [0.2, 0.25) is 0 Å². The van der Waals surface area contributed by atoms with Crippen molar-refractivity contribution in [3.63, 3.8) is 0 Å². The van der Waals surface area contributed by atoms with Crippen LogP contribution in [0.4, 0.5) is 0 Å². The Bertz CT molecular complexity index is 923. The zero-order chi connectivity index (χ0) is 17.9. The number of benzene rings is 3. The van der Waals surface area contributed by atoms with Crippen LogP contribution in [0.3, 0.4) is 0 Å². The van der Waals surface area contributed by atoms with Crippen molar-refractivity contribution in [2.24, 2.45) is 0 Å². The molecule has 0 bridgehead atoms. The van der Waals surface area contributed by atoms with E-state index in [9.17, 15) is 0 Å². The van der Waals surface area contributed by atoms with Gasteiger partial charge in [-0.1, -0.05) is 80.1 Å². The van der Waals surface area contributed by atoms with Crippen molar-refractivity contribution in [1.82, 2.24) is 0 Å². The molecule has 4 rings (SSSR count). The third kappa shape index (κ3) is 2.84. The summed E-state index contributed by atoms with van der Waals surface area (Å²) in [7, 11) is 1.75. The van der Waals surface area contributed by atoms with E-state index in [1.54, 1.807) is 7.11 Å². The lowest BCUT2D eigenvalue weighted by Gasteiger charge is -2.17. The predicted molar refractivity (Wildman–Crippen MR) is 109 cm³/mol. The smallest absolute Gasteiger partial charge is 0.119 e. The van der Waals surface area contributed by atoms with Gasteiger partial charge in [-0.05, 0) is 52.0 Å². The van der Waals surface area contributed by atoms with E-state index in [0.29, 0.717) is 5.92 Å². The highest BCUT2D eigenvalue weighted by Gasteiger charge is 2.32. The van der Waals surface area contributed by atoms with Crippen molar-refractivity contribution in [1.29, 1.82) is 0 Å². The highest BCUT2D eigenvalue weighted by Crippen LogP contribution is 2.52. The molecular weight excluding hydrogens is 316 g/mol. The van der Waals surface area contributed by atoms with Crippen LogP contribution in [0.15, 0.2) is 78.9 Å². The van der Waals surface area contributed by atoms with Crippen LogP contribution in [-0.4, -0.2) is 7.11 Å². The average Bonchev–Trinajstić information content (AvgIpc) is 3.03. The molecule has 1 aliphatic rings. The third-order valence-corrected chi connectivity index (χ3v) is 5.25. The Morgan fingerprint density at radius 3 is 2.08 bits per heavy atom. The van der Waals surface area contributed by atoms with Gasteiger partial charge in [-0.25, -0.2) is 0 Å². The lowest BCUT2D eigenvalue weighted by Crippen LogP contribution is -1.99. The second-order valence-electron chi connectivity index (χ2n) is 6.82. The van der Waals surface area contributed by atoms with Crippen LogP contribution in [-0.2, 0) is 0 Å². The molecule has 0 saturated heterocycles. The fourth-order valence-electron chi connectivity index (χ4n) is 4.13. The largest absolute Gasteiger partial charge is 0.497 e. The maximum atomic E-state index is 5.53. The summed E-state index contributed by atoms with van der Waals surface area (Å²) in [6, 6.07) is 28.2. The van der Waals surface area contributed by atoms with Gasteiger partial charge in [0.1, 0.15) is 5.75 Å². The maximum Gasteiger partial charge on any atom is 0.119 e. The number of hydrogen-bond acceptors (Lipinski definition) is 1. The number of methoxy groups -OCH3 is 1. The second-order valence-corrected chi connectivity index (χ2v) is 6.82. The molecule has 0 saturated carbocycles. The topological polar surface area (TPSA) is 9.23 Å². The van der Waals surface area contributed by atoms with Crippen LogP contribution in [0.1, 0.15) is 47.9 Å². The Labute approximate surface area is 156 Å². The quantitative estimate of drug-likeness (QED) is 0.511. The molecular formula is C25H24O. The first kappa shape index (κ1) is 16.7. The normalized spacial score (nSPS) is 15.8. The summed E-state index contributed by atoms with van der Waals surface area (Å²) in [6.07, 6.45) is 2.29. The van der Waals surface area contributed by atoms with E-state index < -0.39 is 0 Å². The summed E-state index contributed by atoms with van der Waals surface area (Å²) < 4.78 is 5.53. The molecule has 0 fully saturated rings. The zero-order valence-electron chi connectivity index (χ0n) is 15.4. The van der Waals surface area contributed by atoms with E-state index in [4.69, 9.17) is 4.74 Å². The first-order valence-corrected chi connectivity index (χ1v) is 9.36. The van der Waals surface area contributed by atoms with Gasteiger partial charge in [0.15, 0.2) is 0 Å². The van der Waals surface area contributed by atoms with Gasteiger partial charge >= 0.3 is 0 Å². The minimum absolute atomic E-state index is 0.405. The van der Waals surface area contributed by atoms with Gasteiger partial charge in [0.05, 0.1) is 7.11 Å². The number of hydrogen-bond donors (Lipinski definition) is 0. The van der Waals surface area contributed by atoms with Crippen LogP contribution in [0.25, 0.3) is 11.1 Å². The van der Waals surface area contributed by atoms with Crippen LogP contribution in [0.5, 0.6) is 5.75 Å². The Hall–Kier alpha value is -2.80. The minimum Gasteiger partial charge on any atom is -0.497 e. The van der Waals surface area contributed by atoms with Gasteiger partial charge in [0.25, 0.3) is 0 Å². The van der Waals surface area contributed by atoms with Crippen molar-refractivity contribution in [3.8, 4) is 5.75 Å². The van der Waals surface area contributed by atoms with Gasteiger partial charge < -0.3 is 4.74 Å². The monoisotopic (exact) mass is 340 g/mol. The molecule has 0 amide bonds. The first-order chi connectivity index (χ1) is 12.8. The molecule has 0 heterocycles. The van der Waals surface area contributed by atoms with E-state index in [-0.39, 0.29) is 0 Å². The van der Waals surface area contributed by atoms with E-state index >= 15 is 0 Å². The average molecular weight is 340 g/mol. The molecule has 1 unspecified atom stereocenters. The first-order valence-electron chi connectivity index (χ1n) is 9.36. The summed E-state index contributed by atoms with van der Waals surface area (Å²) in [4.78, 5) is 0. The molecule has 1 nitrogen and oxygen atoms in total. The molecule has 1 heteroatoms. The molecule has 3 aromatic rings. The van der Waals surface area contributed by atoms with Crippen LogP contribution in [0, 0.1) is 0 Å². The van der Waals surface area contributed by atoms with Crippen LogP contribution >= 0.6 is 0 Å². The molecule has 1 aliphatic carbocycles. The van der Waals surface area contributed by atoms with Gasteiger partial charge in [-0.3, -0.25) is 0 Å². The highest BCUT2D eigenvalue weighted by atomic mass is 16.5. The van der Waals surface area contributed by atoms with Crippen molar-refractivity contribution in [3.05, 3.63) is 101 Å². The van der Waals surface area contributed by atoms with Crippen molar-refractivity contribution in [2.75, 3.05) is 7.11 Å². The Kier molecular flexibility index (Phi) is 4.62. The Balaban J connectivity index is 2.00. The fourth-order valence-corrected chi connectivity index (χ4v) is 4.13. The van der Waals surface area contributed by atoms with Crippen molar-refractivity contribution < 1.29 is 4.74 Å². The molecule has 0 spiro atoms. The summed E-state index contributed by atoms with van der Waals surface area (Å²) in [6.45, 7) is 2.27. The molecule has 1 atom stereocenters. The molecule has 26 heavy (non-hydrogen) atoms. The summed E-state index contributed by atoms with van der Waals surface area (Å²) >= 11 is 0. The maximum absolute atomic E-state index is 5.53. The summed E-state index contributed by atoms with van der Waals surface area (Å²) in [5.41, 5.74) is 8.16. The van der Waals surface area contributed by atoms with Crippen molar-refractivity contribution >= 4 is 11.1 Å². The number of ether oxygens (including phenoxy) is 1. The predicted octanol–water partition coefficient (Wildman–Crippen LogP) is 6.55. The number of fused-ring (bicyclic) bond motifs is 1. The van der Waals surface area contributed by atoms with Crippen LogP contribution < -0.4 is 4.74 Å². The molecule has 0 radical (unpaired) electrons. The van der Waals surface area contributed by atoms with E-state index in [0.717, 1.165) is 18.6 Å². The van der Waals surface area contributed by atoms with Gasteiger partial charge in [-0.2, -0.15) is 0 Å². The van der Waals surface area contributed by atoms with Crippen molar-refractivity contribution in [2.45, 2.75) is 25.7 Å². The molecule has 3 aromatic carbocycles. The van der Waals surface area contributed by atoms with E-state index in [1.807, 2.05) is 0 Å². The third-order valence-electron chi connectivity index (χ3n) is 5.25. The summed E-state index contributed by atoms with van der Waals surface area (Å²) in [5.74, 6) is 1.34.